The van der Waals surface area contributed by atoms with Crippen molar-refractivity contribution in [1.82, 2.24) is 10.6 Å². The molecule has 0 bridgehead atoms. The Morgan fingerprint density at radius 1 is 1.28 bits per heavy atom. The van der Waals surface area contributed by atoms with E-state index in [1.165, 1.54) is 23.2 Å². The van der Waals surface area contributed by atoms with Gasteiger partial charge in [-0.1, -0.05) is 25.5 Å². The molecule has 5 nitrogen and oxygen atoms in total. The minimum Gasteiger partial charge on any atom is -0.374 e. The number of benzene rings is 1. The molecular weight excluding hydrogens is 495 g/mol. The number of halogens is 1. The molecule has 29 heavy (non-hydrogen) atoms. The van der Waals surface area contributed by atoms with Crippen molar-refractivity contribution in [3.63, 3.8) is 0 Å². The molecule has 1 aliphatic heterocycles. The summed E-state index contributed by atoms with van der Waals surface area (Å²) >= 11 is 0. The maximum Gasteiger partial charge on any atom is 0.191 e. The Morgan fingerprint density at radius 3 is 2.86 bits per heavy atom. The number of nitrogens with zero attached hydrogens (tertiary/aromatic N) is 2. The number of nitrogens with one attached hydrogen (secondary N) is 2. The first-order valence-corrected chi connectivity index (χ1v) is 12.2. The molecule has 1 fully saturated rings. The van der Waals surface area contributed by atoms with Gasteiger partial charge in [-0.25, -0.2) is 4.99 Å². The summed E-state index contributed by atoms with van der Waals surface area (Å²) in [6, 6.07) is 7.13. The van der Waals surface area contributed by atoms with Crippen molar-refractivity contribution in [2.45, 2.75) is 70.2 Å². The van der Waals surface area contributed by atoms with E-state index in [0.29, 0.717) is 17.8 Å². The number of aliphatic imine (C=N–C) groups is 1. The Balaban J connectivity index is 0.00000300. The summed E-state index contributed by atoms with van der Waals surface area (Å²) in [4.78, 5) is 7.19. The second kappa shape index (κ2) is 12.1. The van der Waals surface area contributed by atoms with Crippen molar-refractivity contribution in [2.75, 3.05) is 30.8 Å². The highest BCUT2D eigenvalue weighted by Crippen LogP contribution is 2.27. The lowest BCUT2D eigenvalue weighted by molar-refractivity contribution is 0.413. The molecule has 0 amide bonds. The van der Waals surface area contributed by atoms with Gasteiger partial charge in [0.05, 0.1) is 6.54 Å². The Bertz CT molecular complexity index is 712. The van der Waals surface area contributed by atoms with Crippen LogP contribution in [-0.4, -0.2) is 47.4 Å². The average molecular weight is 533 g/mol. The molecule has 3 unspecified atom stereocenters. The number of anilines is 1. The minimum atomic E-state index is -0.695. The number of rotatable bonds is 6. The molecule has 0 radical (unpaired) electrons. The summed E-state index contributed by atoms with van der Waals surface area (Å²) < 4.78 is 12.2. The van der Waals surface area contributed by atoms with Crippen LogP contribution in [0.2, 0.25) is 0 Å². The van der Waals surface area contributed by atoms with Crippen molar-refractivity contribution in [1.29, 1.82) is 0 Å². The third-order valence-corrected chi connectivity index (χ3v) is 7.62. The molecule has 2 aliphatic rings. The van der Waals surface area contributed by atoms with Crippen molar-refractivity contribution < 1.29 is 4.21 Å². The number of hydrogen-bond acceptors (Lipinski definition) is 3. The zero-order valence-corrected chi connectivity index (χ0v) is 21.2. The molecule has 0 saturated heterocycles. The minimum absolute atomic E-state index is 0. The van der Waals surface area contributed by atoms with E-state index in [9.17, 15) is 4.21 Å². The number of fused-ring (bicyclic) bond motifs is 1. The average Bonchev–Trinajstić information content (AvgIpc) is 2.72. The Morgan fingerprint density at radius 2 is 2.10 bits per heavy atom. The van der Waals surface area contributed by atoms with E-state index < -0.39 is 10.8 Å². The molecule has 3 rings (SSSR count). The van der Waals surface area contributed by atoms with E-state index >= 15 is 0 Å². The van der Waals surface area contributed by atoms with Crippen molar-refractivity contribution in [3.05, 3.63) is 29.3 Å². The summed E-state index contributed by atoms with van der Waals surface area (Å²) in [6.07, 6.45) is 6.74. The SMILES string of the molecule is CCNC(=NCc1ccc2c(c1)CCCN2C)NC1CCCC(S(=O)CC)C1.I. The Kier molecular flexibility index (Phi) is 10.2. The highest BCUT2D eigenvalue weighted by molar-refractivity contribution is 14.0. The van der Waals surface area contributed by atoms with Crippen LogP contribution < -0.4 is 15.5 Å². The molecule has 1 heterocycles. The van der Waals surface area contributed by atoms with E-state index in [1.54, 1.807) is 0 Å². The molecule has 164 valence electrons. The van der Waals surface area contributed by atoms with Crippen molar-refractivity contribution >= 4 is 46.4 Å². The molecule has 1 aromatic carbocycles. The van der Waals surface area contributed by atoms with Crippen LogP contribution in [0.5, 0.6) is 0 Å². The van der Waals surface area contributed by atoms with Gasteiger partial charge in [-0.05, 0) is 56.2 Å². The van der Waals surface area contributed by atoms with Gasteiger partial charge in [0, 0.05) is 53.7 Å². The molecule has 0 spiro atoms. The quantitative estimate of drug-likeness (QED) is 0.333. The summed E-state index contributed by atoms with van der Waals surface area (Å²) in [5, 5.41) is 7.31. The van der Waals surface area contributed by atoms with Crippen LogP contribution in [0.25, 0.3) is 0 Å². The van der Waals surface area contributed by atoms with Crippen molar-refractivity contribution in [2.24, 2.45) is 4.99 Å². The monoisotopic (exact) mass is 532 g/mol. The fourth-order valence-electron chi connectivity index (χ4n) is 4.37. The zero-order valence-electron chi connectivity index (χ0n) is 18.1. The number of hydrogen-bond donors (Lipinski definition) is 2. The normalized spacial score (nSPS) is 23.0. The van der Waals surface area contributed by atoms with Crippen LogP contribution in [0.1, 0.15) is 57.1 Å². The molecule has 1 aromatic rings. The largest absolute Gasteiger partial charge is 0.374 e. The van der Waals surface area contributed by atoms with E-state index in [2.05, 4.69) is 47.7 Å². The Labute approximate surface area is 196 Å². The van der Waals surface area contributed by atoms with Gasteiger partial charge in [-0.2, -0.15) is 0 Å². The van der Waals surface area contributed by atoms with Gasteiger partial charge in [0.2, 0.25) is 0 Å². The second-order valence-corrected chi connectivity index (χ2v) is 9.99. The Hall–Kier alpha value is -0.830. The van der Waals surface area contributed by atoms with Gasteiger partial charge in [0.25, 0.3) is 0 Å². The lowest BCUT2D eigenvalue weighted by Crippen LogP contribution is -2.46. The van der Waals surface area contributed by atoms with Gasteiger partial charge in [0.1, 0.15) is 0 Å². The zero-order chi connectivity index (χ0) is 19.9. The summed E-state index contributed by atoms with van der Waals surface area (Å²) in [5.74, 6) is 1.64. The molecule has 1 saturated carbocycles. The fourth-order valence-corrected chi connectivity index (χ4v) is 5.72. The summed E-state index contributed by atoms with van der Waals surface area (Å²) in [6.45, 7) is 6.79. The lowest BCUT2D eigenvalue weighted by atomic mass is 9.95. The van der Waals surface area contributed by atoms with E-state index in [-0.39, 0.29) is 24.0 Å². The van der Waals surface area contributed by atoms with Crippen molar-refractivity contribution in [3.8, 4) is 0 Å². The first-order valence-electron chi connectivity index (χ1n) is 10.9. The van der Waals surface area contributed by atoms with Crippen LogP contribution in [0.15, 0.2) is 23.2 Å². The predicted octanol–water partition coefficient (Wildman–Crippen LogP) is 3.82. The van der Waals surface area contributed by atoms with Crippen LogP contribution >= 0.6 is 24.0 Å². The van der Waals surface area contributed by atoms with Crippen LogP contribution in [0, 0.1) is 0 Å². The van der Waals surface area contributed by atoms with Gasteiger partial charge in [-0.3, -0.25) is 4.21 Å². The first-order chi connectivity index (χ1) is 13.6. The first kappa shape index (κ1) is 24.4. The molecule has 2 N–H and O–H groups in total. The van der Waals surface area contributed by atoms with Crippen LogP contribution in [0.4, 0.5) is 5.69 Å². The fraction of sp³-hybridized carbons (Fsp3) is 0.682. The van der Waals surface area contributed by atoms with E-state index in [4.69, 9.17) is 4.99 Å². The maximum atomic E-state index is 12.2. The molecule has 3 atom stereocenters. The third kappa shape index (κ3) is 6.84. The molecular formula is C22H37IN4OS. The number of aryl methyl sites for hydroxylation is 1. The van der Waals surface area contributed by atoms with Gasteiger partial charge in [0.15, 0.2) is 5.96 Å². The van der Waals surface area contributed by atoms with Gasteiger partial charge in [-0.15, -0.1) is 24.0 Å². The van der Waals surface area contributed by atoms with Gasteiger partial charge < -0.3 is 15.5 Å². The highest BCUT2D eigenvalue weighted by Gasteiger charge is 2.26. The smallest absolute Gasteiger partial charge is 0.191 e. The number of guanidine groups is 1. The van der Waals surface area contributed by atoms with Crippen LogP contribution in [0.3, 0.4) is 0 Å². The maximum absolute atomic E-state index is 12.2. The molecule has 7 heteroatoms. The summed E-state index contributed by atoms with van der Waals surface area (Å²) in [5.41, 5.74) is 4.07. The molecule has 0 aromatic heterocycles. The topological polar surface area (TPSA) is 56.7 Å². The second-order valence-electron chi connectivity index (χ2n) is 7.98. The van der Waals surface area contributed by atoms with E-state index in [0.717, 1.165) is 56.9 Å². The highest BCUT2D eigenvalue weighted by atomic mass is 127. The van der Waals surface area contributed by atoms with E-state index in [1.807, 2.05) is 6.92 Å². The predicted molar refractivity (Wildman–Crippen MR) is 136 cm³/mol. The third-order valence-electron chi connectivity index (χ3n) is 5.88. The summed E-state index contributed by atoms with van der Waals surface area (Å²) in [7, 11) is 1.48. The lowest BCUT2D eigenvalue weighted by Gasteiger charge is -2.30. The van der Waals surface area contributed by atoms with Gasteiger partial charge >= 0.3 is 0 Å². The van der Waals surface area contributed by atoms with Crippen LogP contribution in [-0.2, 0) is 23.8 Å². The standard InChI is InChI=1S/C22H36N4OS.HI/c1-4-23-22(25-19-9-6-10-20(15-19)28(27)5-2)24-16-17-11-12-21-18(14-17)8-7-13-26(21)3;/h11-12,14,19-20H,4-10,13,15-16H2,1-3H3,(H2,23,24,25);1H. The molecule has 1 aliphatic carbocycles.